The third-order valence-corrected chi connectivity index (χ3v) is 3.28. The number of hydrogen-bond acceptors (Lipinski definition) is 4. The van der Waals surface area contributed by atoms with Crippen LogP contribution in [-0.2, 0) is 6.54 Å². The van der Waals surface area contributed by atoms with Crippen LogP contribution in [0.4, 0.5) is 0 Å². The number of nitrogens with two attached hydrogens (primary N) is 1. The Kier molecular flexibility index (Phi) is 3.51. The molecule has 88 valence electrons. The molecule has 0 saturated carbocycles. The Hall–Kier alpha value is -1.00. The van der Waals surface area contributed by atoms with E-state index in [4.69, 9.17) is 5.73 Å². The number of rotatable bonds is 2. The van der Waals surface area contributed by atoms with Gasteiger partial charge in [-0.15, -0.1) is 0 Å². The van der Waals surface area contributed by atoms with Gasteiger partial charge < -0.3 is 5.73 Å². The van der Waals surface area contributed by atoms with E-state index < -0.39 is 0 Å². The fourth-order valence-electron chi connectivity index (χ4n) is 2.12. The van der Waals surface area contributed by atoms with Crippen LogP contribution < -0.4 is 5.73 Å². The summed E-state index contributed by atoms with van der Waals surface area (Å²) in [6, 6.07) is 0.361. The maximum atomic E-state index is 6.00. The van der Waals surface area contributed by atoms with Crippen LogP contribution in [0, 0.1) is 12.8 Å². The van der Waals surface area contributed by atoms with Gasteiger partial charge >= 0.3 is 0 Å². The summed E-state index contributed by atoms with van der Waals surface area (Å²) in [5.41, 5.74) is 8.02. The van der Waals surface area contributed by atoms with Crippen molar-refractivity contribution in [1.29, 1.82) is 0 Å². The van der Waals surface area contributed by atoms with Gasteiger partial charge in [-0.25, -0.2) is 0 Å². The van der Waals surface area contributed by atoms with Gasteiger partial charge in [0.25, 0.3) is 0 Å². The third kappa shape index (κ3) is 2.77. The Morgan fingerprint density at radius 1 is 1.44 bits per heavy atom. The summed E-state index contributed by atoms with van der Waals surface area (Å²) in [4.78, 5) is 11.1. The van der Waals surface area contributed by atoms with Gasteiger partial charge in [0.2, 0.25) is 0 Å². The highest BCUT2D eigenvalue weighted by molar-refractivity contribution is 5.01. The SMILES string of the molecule is Cc1cnc(CN2CCC(N)C(C)C2)cn1. The number of aryl methyl sites for hydroxylation is 1. The number of piperidine rings is 1. The summed E-state index contributed by atoms with van der Waals surface area (Å²) >= 11 is 0. The molecule has 1 aliphatic rings. The molecule has 2 unspecified atom stereocenters. The van der Waals surface area contributed by atoms with Crippen molar-refractivity contribution < 1.29 is 0 Å². The fraction of sp³-hybridized carbons (Fsp3) is 0.667. The molecule has 4 nitrogen and oxygen atoms in total. The van der Waals surface area contributed by atoms with Crippen molar-refractivity contribution in [1.82, 2.24) is 14.9 Å². The van der Waals surface area contributed by atoms with E-state index in [1.807, 2.05) is 19.3 Å². The van der Waals surface area contributed by atoms with Crippen LogP contribution in [0.2, 0.25) is 0 Å². The Bertz CT molecular complexity index is 335. The van der Waals surface area contributed by atoms with Crippen LogP contribution >= 0.6 is 0 Å². The van der Waals surface area contributed by atoms with Crippen LogP contribution in [0.3, 0.4) is 0 Å². The van der Waals surface area contributed by atoms with Gasteiger partial charge in [0.15, 0.2) is 0 Å². The highest BCUT2D eigenvalue weighted by atomic mass is 15.1. The second kappa shape index (κ2) is 4.89. The van der Waals surface area contributed by atoms with Gasteiger partial charge in [-0.1, -0.05) is 6.92 Å². The molecular formula is C12H20N4. The molecule has 1 aromatic heterocycles. The van der Waals surface area contributed by atoms with Crippen molar-refractivity contribution in [2.45, 2.75) is 32.9 Å². The van der Waals surface area contributed by atoms with Crippen LogP contribution in [0.5, 0.6) is 0 Å². The van der Waals surface area contributed by atoms with E-state index >= 15 is 0 Å². The Morgan fingerprint density at radius 3 is 2.88 bits per heavy atom. The molecule has 1 aliphatic heterocycles. The summed E-state index contributed by atoms with van der Waals surface area (Å²) in [5, 5.41) is 0. The van der Waals surface area contributed by atoms with Crippen molar-refractivity contribution in [3.8, 4) is 0 Å². The normalized spacial score (nSPS) is 26.9. The predicted octanol–water partition coefficient (Wildman–Crippen LogP) is 0.954. The standard InChI is InChI=1S/C12H20N4/c1-9-7-16(4-3-12(9)13)8-11-6-14-10(2)5-15-11/h5-6,9,12H,3-4,7-8,13H2,1-2H3. The summed E-state index contributed by atoms with van der Waals surface area (Å²) in [6.07, 6.45) is 4.78. The van der Waals surface area contributed by atoms with Crippen molar-refractivity contribution in [3.05, 3.63) is 23.8 Å². The molecule has 1 saturated heterocycles. The molecule has 0 aliphatic carbocycles. The van der Waals surface area contributed by atoms with Gasteiger partial charge in [0.05, 0.1) is 11.4 Å². The van der Waals surface area contributed by atoms with E-state index in [1.165, 1.54) is 0 Å². The molecule has 4 heteroatoms. The first-order valence-electron chi connectivity index (χ1n) is 5.90. The van der Waals surface area contributed by atoms with E-state index in [0.717, 1.165) is 37.4 Å². The molecule has 0 bridgehead atoms. The molecule has 0 amide bonds. The Morgan fingerprint density at radius 2 is 2.25 bits per heavy atom. The molecule has 2 atom stereocenters. The summed E-state index contributed by atoms with van der Waals surface area (Å²) < 4.78 is 0. The maximum Gasteiger partial charge on any atom is 0.0727 e. The van der Waals surface area contributed by atoms with Gasteiger partial charge in [-0.3, -0.25) is 14.9 Å². The molecule has 0 spiro atoms. The molecule has 1 fully saturated rings. The lowest BCUT2D eigenvalue weighted by Gasteiger charge is -2.34. The molecule has 2 N–H and O–H groups in total. The fourth-order valence-corrected chi connectivity index (χ4v) is 2.12. The zero-order chi connectivity index (χ0) is 11.5. The Balaban J connectivity index is 1.93. The minimum absolute atomic E-state index is 0.361. The topological polar surface area (TPSA) is 55.0 Å². The average molecular weight is 220 g/mol. The molecule has 1 aromatic rings. The van der Waals surface area contributed by atoms with Crippen LogP contribution in [0.1, 0.15) is 24.7 Å². The van der Waals surface area contributed by atoms with Crippen molar-refractivity contribution in [2.75, 3.05) is 13.1 Å². The first-order valence-corrected chi connectivity index (χ1v) is 5.90. The van der Waals surface area contributed by atoms with Gasteiger partial charge in [-0.05, 0) is 19.3 Å². The van der Waals surface area contributed by atoms with Crippen LogP contribution in [-0.4, -0.2) is 34.0 Å². The lowest BCUT2D eigenvalue weighted by Crippen LogP contribution is -2.45. The number of nitrogens with zero attached hydrogens (tertiary/aromatic N) is 3. The lowest BCUT2D eigenvalue weighted by atomic mass is 9.95. The van der Waals surface area contributed by atoms with E-state index in [1.54, 1.807) is 0 Å². The largest absolute Gasteiger partial charge is 0.327 e. The molecule has 2 rings (SSSR count). The van der Waals surface area contributed by atoms with Crippen LogP contribution in [0.25, 0.3) is 0 Å². The minimum Gasteiger partial charge on any atom is -0.327 e. The second-order valence-corrected chi connectivity index (χ2v) is 4.81. The van der Waals surface area contributed by atoms with Crippen LogP contribution in [0.15, 0.2) is 12.4 Å². The highest BCUT2D eigenvalue weighted by Gasteiger charge is 2.23. The third-order valence-electron chi connectivity index (χ3n) is 3.28. The number of likely N-dealkylation sites (tertiary alicyclic amines) is 1. The maximum absolute atomic E-state index is 6.00. The number of hydrogen-bond donors (Lipinski definition) is 1. The van der Waals surface area contributed by atoms with E-state index in [9.17, 15) is 0 Å². The van der Waals surface area contributed by atoms with E-state index in [-0.39, 0.29) is 0 Å². The molecule has 0 radical (unpaired) electrons. The molecular weight excluding hydrogens is 200 g/mol. The zero-order valence-corrected chi connectivity index (χ0v) is 10.1. The monoisotopic (exact) mass is 220 g/mol. The van der Waals surface area contributed by atoms with Gasteiger partial charge in [-0.2, -0.15) is 0 Å². The molecule has 0 aromatic carbocycles. The zero-order valence-electron chi connectivity index (χ0n) is 10.1. The minimum atomic E-state index is 0.361. The van der Waals surface area contributed by atoms with Crippen molar-refractivity contribution in [2.24, 2.45) is 11.7 Å². The Labute approximate surface area is 96.9 Å². The quantitative estimate of drug-likeness (QED) is 0.806. The first-order chi connectivity index (χ1) is 7.65. The molecule has 2 heterocycles. The highest BCUT2D eigenvalue weighted by Crippen LogP contribution is 2.16. The number of aromatic nitrogens is 2. The lowest BCUT2D eigenvalue weighted by molar-refractivity contribution is 0.156. The van der Waals surface area contributed by atoms with Gasteiger partial charge in [0.1, 0.15) is 0 Å². The smallest absolute Gasteiger partial charge is 0.0727 e. The summed E-state index contributed by atoms with van der Waals surface area (Å²) in [6.45, 7) is 7.21. The van der Waals surface area contributed by atoms with E-state index in [0.29, 0.717) is 12.0 Å². The van der Waals surface area contributed by atoms with E-state index in [2.05, 4.69) is 21.8 Å². The average Bonchev–Trinajstić information content (AvgIpc) is 2.27. The first kappa shape index (κ1) is 11.5. The predicted molar refractivity (Wildman–Crippen MR) is 63.8 cm³/mol. The molecule has 16 heavy (non-hydrogen) atoms. The van der Waals surface area contributed by atoms with Crippen molar-refractivity contribution >= 4 is 0 Å². The van der Waals surface area contributed by atoms with Gasteiger partial charge in [0, 0.05) is 38.1 Å². The summed E-state index contributed by atoms with van der Waals surface area (Å²) in [7, 11) is 0. The summed E-state index contributed by atoms with van der Waals surface area (Å²) in [5.74, 6) is 0.576. The van der Waals surface area contributed by atoms with Crippen molar-refractivity contribution in [3.63, 3.8) is 0 Å². The second-order valence-electron chi connectivity index (χ2n) is 4.81.